The van der Waals surface area contributed by atoms with Gasteiger partial charge in [0.25, 0.3) is 0 Å². The standard InChI is InChI=1S/C22H34N2O2/c1-21-10-8-16(24-26-13-3-12-23)14-15(21)4-5-17-18-6-7-20(25)22(18,2)11-9-19(17)21/h4-5,15,17-19H,3,6-14,23H2,1-2H3/b24-16-/t15?,17?,18?,19?,21-,22-/m0/s1. The first-order chi connectivity index (χ1) is 12.5. The van der Waals surface area contributed by atoms with Gasteiger partial charge in [-0.25, -0.2) is 0 Å². The summed E-state index contributed by atoms with van der Waals surface area (Å²) in [5.74, 6) is 2.98. The van der Waals surface area contributed by atoms with Crippen LogP contribution in [0.25, 0.3) is 0 Å². The van der Waals surface area contributed by atoms with E-state index in [1.165, 1.54) is 18.6 Å². The molecule has 0 aromatic heterocycles. The van der Waals surface area contributed by atoms with Crippen LogP contribution in [0.4, 0.5) is 0 Å². The number of hydrogen-bond acceptors (Lipinski definition) is 4. The summed E-state index contributed by atoms with van der Waals surface area (Å²) >= 11 is 0. The lowest BCUT2D eigenvalue weighted by atomic mass is 9.47. The third-order valence-electron chi connectivity index (χ3n) is 8.34. The van der Waals surface area contributed by atoms with Gasteiger partial charge in [-0.1, -0.05) is 31.2 Å². The topological polar surface area (TPSA) is 64.7 Å². The minimum absolute atomic E-state index is 0.0488. The van der Waals surface area contributed by atoms with Gasteiger partial charge in [-0.3, -0.25) is 4.79 Å². The van der Waals surface area contributed by atoms with Gasteiger partial charge < -0.3 is 10.6 Å². The van der Waals surface area contributed by atoms with Crippen molar-refractivity contribution in [2.45, 2.75) is 65.2 Å². The Kier molecular flexibility index (Phi) is 4.75. The highest BCUT2D eigenvalue weighted by molar-refractivity contribution is 5.87. The number of fused-ring (bicyclic) bond motifs is 5. The van der Waals surface area contributed by atoms with Gasteiger partial charge in [0.15, 0.2) is 0 Å². The summed E-state index contributed by atoms with van der Waals surface area (Å²) in [4.78, 5) is 18.0. The fourth-order valence-corrected chi connectivity index (χ4v) is 6.57. The zero-order chi connectivity index (χ0) is 18.4. The summed E-state index contributed by atoms with van der Waals surface area (Å²) in [6.07, 6.45) is 13.3. The zero-order valence-corrected chi connectivity index (χ0v) is 16.4. The summed E-state index contributed by atoms with van der Waals surface area (Å²) < 4.78 is 0. The number of carbonyl (C=O) groups is 1. The van der Waals surface area contributed by atoms with E-state index in [0.29, 0.717) is 42.1 Å². The molecule has 0 aromatic rings. The minimum Gasteiger partial charge on any atom is -0.396 e. The van der Waals surface area contributed by atoms with Gasteiger partial charge in [0.05, 0.1) is 5.71 Å². The molecule has 3 saturated carbocycles. The predicted molar refractivity (Wildman–Crippen MR) is 104 cm³/mol. The van der Waals surface area contributed by atoms with Gasteiger partial charge in [0.1, 0.15) is 12.4 Å². The molecular formula is C22H34N2O2. The highest BCUT2D eigenvalue weighted by Crippen LogP contribution is 2.63. The number of rotatable bonds is 4. The third-order valence-corrected chi connectivity index (χ3v) is 8.34. The molecule has 4 aliphatic rings. The van der Waals surface area contributed by atoms with Crippen LogP contribution in [-0.4, -0.2) is 24.6 Å². The van der Waals surface area contributed by atoms with Gasteiger partial charge in [-0.05, 0) is 80.6 Å². The van der Waals surface area contributed by atoms with Crippen LogP contribution >= 0.6 is 0 Å². The van der Waals surface area contributed by atoms with Crippen LogP contribution in [-0.2, 0) is 9.63 Å². The van der Waals surface area contributed by atoms with E-state index >= 15 is 0 Å². The summed E-state index contributed by atoms with van der Waals surface area (Å²) in [7, 11) is 0. The Labute approximate surface area is 157 Å². The Balaban J connectivity index is 1.51. The highest BCUT2D eigenvalue weighted by atomic mass is 16.6. The molecule has 144 valence electrons. The van der Waals surface area contributed by atoms with E-state index in [2.05, 4.69) is 31.2 Å². The van der Waals surface area contributed by atoms with Crippen molar-refractivity contribution in [3.63, 3.8) is 0 Å². The number of Topliss-reactive ketones (excluding diaryl/α,β-unsaturated/α-hetero) is 1. The Hall–Kier alpha value is -1.16. The van der Waals surface area contributed by atoms with Crippen LogP contribution in [0.2, 0.25) is 0 Å². The first-order valence-corrected chi connectivity index (χ1v) is 10.6. The molecule has 4 unspecified atom stereocenters. The van der Waals surface area contributed by atoms with Crippen molar-refractivity contribution in [1.82, 2.24) is 0 Å². The SMILES string of the molecule is C[C@]12CC/C(=N/OCCCN)CC1C=CC1C2CC[C@]2(C)C(=O)CCC12. The summed E-state index contributed by atoms with van der Waals surface area (Å²) in [6, 6.07) is 0. The molecule has 4 heteroatoms. The Morgan fingerprint density at radius 1 is 1.19 bits per heavy atom. The molecule has 2 N–H and O–H groups in total. The van der Waals surface area contributed by atoms with E-state index in [1.54, 1.807) is 0 Å². The number of nitrogens with two attached hydrogens (primary N) is 1. The summed E-state index contributed by atoms with van der Waals surface area (Å²) in [6.45, 7) is 6.02. The van der Waals surface area contributed by atoms with Crippen LogP contribution in [0.1, 0.15) is 65.2 Å². The van der Waals surface area contributed by atoms with Crippen LogP contribution < -0.4 is 5.73 Å². The lowest BCUT2D eigenvalue weighted by Gasteiger charge is -2.57. The third kappa shape index (κ3) is 2.76. The number of nitrogens with zero attached hydrogens (tertiary/aromatic N) is 1. The highest BCUT2D eigenvalue weighted by Gasteiger charge is 2.58. The van der Waals surface area contributed by atoms with Crippen molar-refractivity contribution in [1.29, 1.82) is 0 Å². The van der Waals surface area contributed by atoms with Gasteiger partial charge in [0.2, 0.25) is 0 Å². The molecule has 0 spiro atoms. The second-order valence-electron chi connectivity index (χ2n) is 9.54. The Bertz CT molecular complexity index is 628. The number of ketones is 1. The maximum Gasteiger partial charge on any atom is 0.139 e. The van der Waals surface area contributed by atoms with Gasteiger partial charge >= 0.3 is 0 Å². The maximum absolute atomic E-state index is 12.5. The number of allylic oxidation sites excluding steroid dienone is 2. The normalized spacial score (nSPS) is 46.0. The van der Waals surface area contributed by atoms with Crippen LogP contribution in [0, 0.1) is 34.5 Å². The summed E-state index contributed by atoms with van der Waals surface area (Å²) in [5, 5.41) is 4.40. The monoisotopic (exact) mass is 358 g/mol. The van der Waals surface area contributed by atoms with Crippen molar-refractivity contribution in [2.75, 3.05) is 13.2 Å². The van der Waals surface area contributed by atoms with Gasteiger partial charge in [-0.15, -0.1) is 0 Å². The van der Waals surface area contributed by atoms with E-state index in [9.17, 15) is 4.79 Å². The molecule has 0 heterocycles. The Morgan fingerprint density at radius 2 is 2.04 bits per heavy atom. The first kappa shape index (κ1) is 18.2. The number of oxime groups is 1. The predicted octanol–water partition coefficient (Wildman–Crippen LogP) is 4.10. The van der Waals surface area contributed by atoms with Crippen molar-refractivity contribution in [2.24, 2.45) is 45.4 Å². The lowest BCUT2D eigenvalue weighted by molar-refractivity contribution is -0.131. The maximum atomic E-state index is 12.5. The molecule has 3 fully saturated rings. The molecule has 0 radical (unpaired) electrons. The molecule has 4 nitrogen and oxygen atoms in total. The largest absolute Gasteiger partial charge is 0.396 e. The van der Waals surface area contributed by atoms with Crippen LogP contribution in [0.3, 0.4) is 0 Å². The fourth-order valence-electron chi connectivity index (χ4n) is 6.57. The first-order valence-electron chi connectivity index (χ1n) is 10.6. The fraction of sp³-hybridized carbons (Fsp3) is 0.818. The van der Waals surface area contributed by atoms with Gasteiger partial charge in [-0.2, -0.15) is 0 Å². The second-order valence-corrected chi connectivity index (χ2v) is 9.54. The van der Waals surface area contributed by atoms with Crippen molar-refractivity contribution in [3.8, 4) is 0 Å². The van der Waals surface area contributed by atoms with Crippen LogP contribution in [0.5, 0.6) is 0 Å². The molecule has 4 aliphatic carbocycles. The number of hydrogen-bond donors (Lipinski definition) is 1. The molecule has 0 amide bonds. The average molecular weight is 359 g/mol. The second kappa shape index (κ2) is 6.78. The van der Waals surface area contributed by atoms with Gasteiger partial charge in [0, 0.05) is 11.8 Å². The van der Waals surface area contributed by atoms with Crippen molar-refractivity contribution >= 4 is 11.5 Å². The Morgan fingerprint density at radius 3 is 2.85 bits per heavy atom. The molecule has 0 bridgehead atoms. The van der Waals surface area contributed by atoms with Crippen LogP contribution in [0.15, 0.2) is 17.3 Å². The smallest absolute Gasteiger partial charge is 0.139 e. The minimum atomic E-state index is -0.0488. The molecule has 0 aromatic carbocycles. The van der Waals surface area contributed by atoms with E-state index in [-0.39, 0.29) is 5.41 Å². The molecule has 26 heavy (non-hydrogen) atoms. The van der Waals surface area contributed by atoms with Crippen molar-refractivity contribution in [3.05, 3.63) is 12.2 Å². The molecule has 0 aliphatic heterocycles. The summed E-state index contributed by atoms with van der Waals surface area (Å²) in [5.41, 5.74) is 7.02. The number of carbonyl (C=O) groups excluding carboxylic acids is 1. The molecule has 4 rings (SSSR count). The molecule has 0 saturated heterocycles. The van der Waals surface area contributed by atoms with E-state index in [4.69, 9.17) is 10.6 Å². The van der Waals surface area contributed by atoms with E-state index < -0.39 is 0 Å². The average Bonchev–Trinajstić information content (AvgIpc) is 2.94. The molecular weight excluding hydrogens is 324 g/mol. The zero-order valence-electron chi connectivity index (χ0n) is 16.4. The van der Waals surface area contributed by atoms with Crippen molar-refractivity contribution < 1.29 is 9.63 Å². The quantitative estimate of drug-likeness (QED) is 0.467. The van der Waals surface area contributed by atoms with E-state index in [0.717, 1.165) is 44.4 Å². The van der Waals surface area contributed by atoms with E-state index in [1.807, 2.05) is 0 Å². The lowest BCUT2D eigenvalue weighted by Crippen LogP contribution is -2.51. The molecule has 6 atom stereocenters.